The Balaban J connectivity index is 1.78. The number of halogens is 2. The molecule has 1 heterocycles. The summed E-state index contributed by atoms with van der Waals surface area (Å²) in [6.45, 7) is 4.52. The molecule has 0 aliphatic rings. The third kappa shape index (κ3) is 6.18. The zero-order valence-electron chi connectivity index (χ0n) is 13.2. The number of hydrogen-bond acceptors (Lipinski definition) is 3. The van der Waals surface area contributed by atoms with Gasteiger partial charge in [-0.2, -0.15) is 8.78 Å². The Morgan fingerprint density at radius 2 is 1.67 bits per heavy atom. The topological polar surface area (TPSA) is 37.2 Å². The molecule has 0 aliphatic carbocycles. The third-order valence-corrected chi connectivity index (χ3v) is 3.36. The summed E-state index contributed by atoms with van der Waals surface area (Å²) >= 11 is 0. The van der Waals surface area contributed by atoms with Crippen LogP contribution in [-0.2, 0) is 24.2 Å². The van der Waals surface area contributed by atoms with Gasteiger partial charge in [0.25, 0.3) is 0 Å². The number of hydrogen-bond donors (Lipinski definition) is 2. The summed E-state index contributed by atoms with van der Waals surface area (Å²) in [7, 11) is 0. The fourth-order valence-electron chi connectivity index (χ4n) is 2.13. The van der Waals surface area contributed by atoms with Crippen molar-refractivity contribution >= 4 is 5.69 Å². The highest BCUT2D eigenvalue weighted by Gasteiger charge is 2.00. The highest BCUT2D eigenvalue weighted by atomic mass is 19.3. The number of nitrogens with zero attached hydrogens (tertiary/aromatic N) is 1. The zero-order chi connectivity index (χ0) is 17.2. The molecule has 4 nitrogen and oxygen atoms in total. The van der Waals surface area contributed by atoms with Crippen LogP contribution in [0, 0.1) is 0 Å². The molecule has 24 heavy (non-hydrogen) atoms. The molecule has 0 unspecified atom stereocenters. The summed E-state index contributed by atoms with van der Waals surface area (Å²) in [4.78, 5) is 4.38. The van der Waals surface area contributed by atoms with Crippen LogP contribution in [0.1, 0.15) is 11.1 Å². The molecule has 0 saturated heterocycles. The molecular weight excluding hydrogens is 312 g/mol. The van der Waals surface area contributed by atoms with Crippen LogP contribution in [0.5, 0.6) is 0 Å². The standard InChI is InChI=1S/C18H20F2N3O/c1-2-11-23-12-9-16(10-13-23)4-3-15-5-7-17(8-6-15)21-22-24-14-18(19)20/h2,5-10,12-14,21-22H,1,3-4,11H2/q+1. The predicted octanol–water partition coefficient (Wildman–Crippen LogP) is 3.53. The van der Waals surface area contributed by atoms with Gasteiger partial charge in [0, 0.05) is 12.1 Å². The first-order chi connectivity index (χ1) is 11.7. The Kier molecular flexibility index (Phi) is 6.91. The van der Waals surface area contributed by atoms with Gasteiger partial charge in [0.05, 0.1) is 5.69 Å². The van der Waals surface area contributed by atoms with Crippen molar-refractivity contribution in [3.63, 3.8) is 0 Å². The van der Waals surface area contributed by atoms with E-state index in [1.165, 1.54) is 11.1 Å². The van der Waals surface area contributed by atoms with E-state index < -0.39 is 6.08 Å². The summed E-state index contributed by atoms with van der Waals surface area (Å²) < 4.78 is 25.6. The maximum Gasteiger partial charge on any atom is 0.307 e. The second kappa shape index (κ2) is 9.42. The number of benzene rings is 1. The van der Waals surface area contributed by atoms with Crippen molar-refractivity contribution < 1.29 is 18.2 Å². The lowest BCUT2D eigenvalue weighted by atomic mass is 10.1. The van der Waals surface area contributed by atoms with Gasteiger partial charge in [-0.15, -0.1) is 0 Å². The van der Waals surface area contributed by atoms with E-state index in [4.69, 9.17) is 0 Å². The normalized spacial score (nSPS) is 10.1. The Labute approximate surface area is 140 Å². The number of pyridine rings is 1. The lowest BCUT2D eigenvalue weighted by Gasteiger charge is -2.07. The minimum Gasteiger partial charge on any atom is -0.391 e. The number of hydrazine groups is 1. The van der Waals surface area contributed by atoms with Crippen molar-refractivity contribution in [2.75, 3.05) is 5.43 Å². The number of anilines is 1. The molecule has 126 valence electrons. The van der Waals surface area contributed by atoms with E-state index in [0.29, 0.717) is 6.26 Å². The van der Waals surface area contributed by atoms with Crippen LogP contribution in [0.3, 0.4) is 0 Å². The zero-order valence-corrected chi connectivity index (χ0v) is 13.2. The van der Waals surface area contributed by atoms with Crippen LogP contribution in [0.15, 0.2) is 73.8 Å². The smallest absolute Gasteiger partial charge is 0.307 e. The first-order valence-electron chi connectivity index (χ1n) is 7.53. The van der Waals surface area contributed by atoms with Gasteiger partial charge in [-0.1, -0.05) is 24.3 Å². The lowest BCUT2D eigenvalue weighted by Crippen LogP contribution is -2.31. The highest BCUT2D eigenvalue weighted by Crippen LogP contribution is 2.11. The molecule has 0 aliphatic heterocycles. The van der Waals surface area contributed by atoms with E-state index in [1.807, 2.05) is 42.7 Å². The highest BCUT2D eigenvalue weighted by molar-refractivity contribution is 5.43. The Hall–Kier alpha value is -2.73. The van der Waals surface area contributed by atoms with E-state index in [9.17, 15) is 8.78 Å². The number of nitrogens with one attached hydrogen (secondary N) is 2. The summed E-state index contributed by atoms with van der Waals surface area (Å²) in [6.07, 6.45) is 6.24. The quantitative estimate of drug-likeness (QED) is 0.242. The second-order valence-electron chi connectivity index (χ2n) is 5.14. The third-order valence-electron chi connectivity index (χ3n) is 3.36. The lowest BCUT2D eigenvalue weighted by molar-refractivity contribution is -0.687. The van der Waals surface area contributed by atoms with E-state index >= 15 is 0 Å². The molecular formula is C18H20F2N3O+. The fourth-order valence-corrected chi connectivity index (χ4v) is 2.13. The Morgan fingerprint density at radius 3 is 2.25 bits per heavy atom. The predicted molar refractivity (Wildman–Crippen MR) is 88.8 cm³/mol. The van der Waals surface area contributed by atoms with E-state index in [-0.39, 0.29) is 0 Å². The maximum absolute atomic E-state index is 11.8. The SMILES string of the molecule is C=CC[n+]1ccc(CCc2ccc(NNOC=C(F)F)cc2)cc1. The first kappa shape index (κ1) is 17.6. The van der Waals surface area contributed by atoms with Crippen LogP contribution in [0.25, 0.3) is 0 Å². The van der Waals surface area contributed by atoms with E-state index in [2.05, 4.69) is 39.1 Å². The van der Waals surface area contributed by atoms with Crippen LogP contribution < -0.4 is 15.6 Å². The molecule has 0 spiro atoms. The van der Waals surface area contributed by atoms with Crippen molar-refractivity contribution in [2.45, 2.75) is 19.4 Å². The van der Waals surface area contributed by atoms with E-state index in [1.54, 1.807) is 0 Å². The number of allylic oxidation sites excluding steroid dienone is 1. The van der Waals surface area contributed by atoms with Crippen molar-refractivity contribution in [1.82, 2.24) is 5.59 Å². The Morgan fingerprint density at radius 1 is 1.04 bits per heavy atom. The molecule has 0 bridgehead atoms. The molecule has 1 aromatic heterocycles. The van der Waals surface area contributed by atoms with Gasteiger partial charge in [-0.3, -0.25) is 5.43 Å². The van der Waals surface area contributed by atoms with Crippen molar-refractivity contribution in [3.8, 4) is 0 Å². The average Bonchev–Trinajstić information content (AvgIpc) is 2.59. The van der Waals surface area contributed by atoms with E-state index in [0.717, 1.165) is 25.1 Å². The molecule has 2 aromatic rings. The van der Waals surface area contributed by atoms with Gasteiger partial charge in [0.15, 0.2) is 25.2 Å². The number of rotatable bonds is 9. The Bertz CT molecular complexity index is 666. The average molecular weight is 332 g/mol. The largest absolute Gasteiger partial charge is 0.391 e. The maximum atomic E-state index is 11.8. The number of aryl methyl sites for hydroxylation is 2. The molecule has 1 aromatic carbocycles. The molecule has 0 fully saturated rings. The molecule has 2 N–H and O–H groups in total. The van der Waals surface area contributed by atoms with Gasteiger partial charge in [-0.05, 0) is 42.2 Å². The van der Waals surface area contributed by atoms with Crippen LogP contribution in [0.2, 0.25) is 0 Å². The molecule has 0 saturated carbocycles. The minimum atomic E-state index is -1.91. The monoisotopic (exact) mass is 332 g/mol. The van der Waals surface area contributed by atoms with Crippen LogP contribution in [-0.4, -0.2) is 0 Å². The van der Waals surface area contributed by atoms with Gasteiger partial charge < -0.3 is 4.84 Å². The molecule has 2 rings (SSSR count). The molecule has 6 heteroatoms. The van der Waals surface area contributed by atoms with Gasteiger partial charge >= 0.3 is 6.08 Å². The van der Waals surface area contributed by atoms with Gasteiger partial charge in [0.1, 0.15) is 0 Å². The number of aromatic nitrogens is 1. The van der Waals surface area contributed by atoms with Crippen LogP contribution in [0.4, 0.5) is 14.5 Å². The van der Waals surface area contributed by atoms with Crippen molar-refractivity contribution in [3.05, 3.63) is 84.9 Å². The second-order valence-corrected chi connectivity index (χ2v) is 5.14. The molecule has 0 radical (unpaired) electrons. The van der Waals surface area contributed by atoms with Crippen LogP contribution >= 0.6 is 0 Å². The fraction of sp³-hybridized carbons (Fsp3) is 0.167. The minimum absolute atomic E-state index is 0.319. The molecule has 0 amide bonds. The summed E-state index contributed by atoms with van der Waals surface area (Å²) in [5.41, 5.74) is 8.05. The van der Waals surface area contributed by atoms with Gasteiger partial charge in [-0.25, -0.2) is 4.57 Å². The van der Waals surface area contributed by atoms with Gasteiger partial charge in [0.2, 0.25) is 0 Å². The summed E-state index contributed by atoms with van der Waals surface area (Å²) in [5, 5.41) is 0. The first-order valence-corrected chi connectivity index (χ1v) is 7.53. The molecule has 0 atom stereocenters. The summed E-state index contributed by atoms with van der Waals surface area (Å²) in [5.74, 6) is 0. The van der Waals surface area contributed by atoms with Crippen molar-refractivity contribution in [1.29, 1.82) is 0 Å². The van der Waals surface area contributed by atoms with Crippen molar-refractivity contribution in [2.24, 2.45) is 0 Å². The summed E-state index contributed by atoms with van der Waals surface area (Å²) in [6, 6.07) is 11.9.